The molecule has 2 aliphatic rings. The van der Waals surface area contributed by atoms with Gasteiger partial charge in [0.05, 0.1) is 0 Å². The van der Waals surface area contributed by atoms with Crippen molar-refractivity contribution in [2.45, 2.75) is 42.2 Å². The molecular formula is C22H23ClN4O4S2. The number of sulfonamides is 1. The molecule has 1 saturated carbocycles. The summed E-state index contributed by atoms with van der Waals surface area (Å²) >= 11 is 7.03. The van der Waals surface area contributed by atoms with Crippen LogP contribution >= 0.6 is 22.9 Å². The summed E-state index contributed by atoms with van der Waals surface area (Å²) in [6.45, 7) is 0.588. The molecule has 0 unspecified atom stereocenters. The molecule has 1 aliphatic heterocycles. The topological polar surface area (TPSA) is 105 Å². The van der Waals surface area contributed by atoms with E-state index < -0.39 is 10.0 Å². The normalized spacial score (nSPS) is 18.2. The highest BCUT2D eigenvalue weighted by Crippen LogP contribution is 2.37. The molecular weight excluding hydrogens is 484 g/mol. The largest absolute Gasteiger partial charge is 0.339 e. The van der Waals surface area contributed by atoms with Gasteiger partial charge in [0.1, 0.15) is 4.21 Å². The van der Waals surface area contributed by atoms with E-state index in [-0.39, 0.29) is 16.0 Å². The molecule has 174 valence electrons. The molecule has 0 radical (unpaired) electrons. The summed E-state index contributed by atoms with van der Waals surface area (Å²) in [5, 5.41) is 9.25. The molecule has 1 aliphatic carbocycles. The summed E-state index contributed by atoms with van der Waals surface area (Å²) < 4.78 is 33.4. The zero-order valence-electron chi connectivity index (χ0n) is 17.7. The van der Waals surface area contributed by atoms with Crippen molar-refractivity contribution in [3.05, 3.63) is 46.6 Å². The highest BCUT2D eigenvalue weighted by atomic mass is 35.5. The Hall–Kier alpha value is -2.27. The average Bonchev–Trinajstić information content (AvgIpc) is 3.44. The number of hydrogen-bond acceptors (Lipinski definition) is 7. The van der Waals surface area contributed by atoms with Gasteiger partial charge in [0.25, 0.3) is 10.0 Å². The smallest absolute Gasteiger partial charge is 0.252 e. The molecule has 0 bridgehead atoms. The number of carbonyl (C=O) groups is 1. The van der Waals surface area contributed by atoms with Crippen molar-refractivity contribution in [1.29, 1.82) is 0 Å². The first-order chi connectivity index (χ1) is 15.9. The predicted molar refractivity (Wildman–Crippen MR) is 126 cm³/mol. The summed E-state index contributed by atoms with van der Waals surface area (Å²) in [5.41, 5.74) is 1.32. The van der Waals surface area contributed by atoms with Crippen LogP contribution in [0.5, 0.6) is 0 Å². The summed E-state index contributed by atoms with van der Waals surface area (Å²) in [5.74, 6) is 1.03. The van der Waals surface area contributed by atoms with Crippen molar-refractivity contribution in [2.75, 3.05) is 18.4 Å². The standard InChI is InChI=1S/C22H23ClN4O4S2/c23-17-4-6-18(7-5-17)24-21(28)14-8-10-27(11-9-14)33(29,30)19-12-16(13-32-19)20-25-22(31-26-20)15-2-1-3-15/h4-7,12-15H,1-3,8-11H2,(H,24,28). The third-order valence-electron chi connectivity index (χ3n) is 6.26. The molecule has 11 heteroatoms. The number of piperidine rings is 1. The second-order valence-electron chi connectivity index (χ2n) is 8.41. The van der Waals surface area contributed by atoms with Gasteiger partial charge in [0, 0.05) is 46.6 Å². The van der Waals surface area contributed by atoms with E-state index in [1.54, 1.807) is 35.7 Å². The summed E-state index contributed by atoms with van der Waals surface area (Å²) in [6.07, 6.45) is 4.21. The van der Waals surface area contributed by atoms with Crippen LogP contribution in [0.15, 0.2) is 44.4 Å². The van der Waals surface area contributed by atoms with Gasteiger partial charge in [-0.3, -0.25) is 4.79 Å². The van der Waals surface area contributed by atoms with E-state index in [1.807, 2.05) is 0 Å². The van der Waals surface area contributed by atoms with Crippen LogP contribution in [0.3, 0.4) is 0 Å². The van der Waals surface area contributed by atoms with Gasteiger partial charge < -0.3 is 9.84 Å². The number of halogens is 1. The van der Waals surface area contributed by atoms with Gasteiger partial charge in [-0.1, -0.05) is 23.2 Å². The molecule has 1 saturated heterocycles. The fourth-order valence-electron chi connectivity index (χ4n) is 4.01. The first kappa shape index (κ1) is 22.5. The molecule has 3 heterocycles. The Morgan fingerprint density at radius 2 is 1.88 bits per heavy atom. The number of carbonyl (C=O) groups excluding carboxylic acids is 1. The van der Waals surface area contributed by atoms with Crippen LogP contribution in [-0.2, 0) is 14.8 Å². The molecule has 33 heavy (non-hydrogen) atoms. The highest BCUT2D eigenvalue weighted by molar-refractivity contribution is 7.91. The minimum absolute atomic E-state index is 0.104. The first-order valence-electron chi connectivity index (χ1n) is 10.9. The molecule has 0 spiro atoms. The van der Waals surface area contributed by atoms with E-state index in [1.165, 1.54) is 10.7 Å². The van der Waals surface area contributed by atoms with Crippen molar-refractivity contribution >= 4 is 44.6 Å². The van der Waals surface area contributed by atoms with Gasteiger partial charge in [-0.15, -0.1) is 11.3 Å². The maximum Gasteiger partial charge on any atom is 0.252 e. The number of hydrogen-bond donors (Lipinski definition) is 1. The van der Waals surface area contributed by atoms with Gasteiger partial charge in [-0.05, 0) is 56.0 Å². The zero-order chi connectivity index (χ0) is 23.0. The van der Waals surface area contributed by atoms with Gasteiger partial charge in [0.15, 0.2) is 0 Å². The Balaban J connectivity index is 1.21. The monoisotopic (exact) mass is 506 g/mol. The third-order valence-corrected chi connectivity index (χ3v) is 9.83. The lowest BCUT2D eigenvalue weighted by molar-refractivity contribution is -0.120. The summed E-state index contributed by atoms with van der Waals surface area (Å²) in [7, 11) is -3.65. The van der Waals surface area contributed by atoms with Crippen LogP contribution in [0.25, 0.3) is 11.4 Å². The lowest BCUT2D eigenvalue weighted by Gasteiger charge is -2.30. The number of nitrogens with one attached hydrogen (secondary N) is 1. The van der Waals surface area contributed by atoms with Gasteiger partial charge in [0.2, 0.25) is 17.6 Å². The van der Waals surface area contributed by atoms with Crippen molar-refractivity contribution in [2.24, 2.45) is 5.92 Å². The zero-order valence-corrected chi connectivity index (χ0v) is 20.1. The minimum atomic E-state index is -3.65. The van der Waals surface area contributed by atoms with Crippen molar-refractivity contribution < 1.29 is 17.7 Å². The van der Waals surface area contributed by atoms with E-state index in [9.17, 15) is 13.2 Å². The van der Waals surface area contributed by atoms with Crippen LogP contribution in [0.2, 0.25) is 5.02 Å². The molecule has 1 aromatic carbocycles. The van der Waals surface area contributed by atoms with Crippen LogP contribution in [0, 0.1) is 5.92 Å². The average molecular weight is 507 g/mol. The van der Waals surface area contributed by atoms with Crippen LogP contribution in [0.1, 0.15) is 43.9 Å². The highest BCUT2D eigenvalue weighted by Gasteiger charge is 2.33. The van der Waals surface area contributed by atoms with Crippen molar-refractivity contribution in [3.63, 3.8) is 0 Å². The number of aromatic nitrogens is 2. The molecule has 0 atom stereocenters. The van der Waals surface area contributed by atoms with E-state index >= 15 is 0 Å². The number of anilines is 1. The van der Waals surface area contributed by atoms with Gasteiger partial charge >= 0.3 is 0 Å². The van der Waals surface area contributed by atoms with E-state index in [0.29, 0.717) is 59.8 Å². The van der Waals surface area contributed by atoms with E-state index in [4.69, 9.17) is 16.1 Å². The number of rotatable bonds is 6. The molecule has 1 N–H and O–H groups in total. The number of benzene rings is 1. The minimum Gasteiger partial charge on any atom is -0.339 e. The maximum atomic E-state index is 13.2. The molecule has 3 aromatic rings. The Bertz CT molecular complexity index is 1240. The first-order valence-corrected chi connectivity index (χ1v) is 13.6. The predicted octanol–water partition coefficient (Wildman–Crippen LogP) is 4.76. The molecule has 5 rings (SSSR count). The second-order valence-corrected chi connectivity index (χ2v) is 11.9. The fraction of sp³-hybridized carbons (Fsp3) is 0.409. The van der Waals surface area contributed by atoms with Crippen LogP contribution in [0.4, 0.5) is 5.69 Å². The third kappa shape index (κ3) is 4.70. The second kappa shape index (κ2) is 9.17. The maximum absolute atomic E-state index is 13.2. The van der Waals surface area contributed by atoms with Crippen LogP contribution < -0.4 is 5.32 Å². The fourth-order valence-corrected chi connectivity index (χ4v) is 6.91. The number of thiophene rings is 1. The Kier molecular flexibility index (Phi) is 6.26. The van der Waals surface area contributed by atoms with Crippen LogP contribution in [-0.4, -0.2) is 41.9 Å². The molecule has 2 aromatic heterocycles. The van der Waals surface area contributed by atoms with Crippen molar-refractivity contribution in [1.82, 2.24) is 14.4 Å². The molecule has 1 amide bonds. The van der Waals surface area contributed by atoms with Gasteiger partial charge in [-0.2, -0.15) is 9.29 Å². The SMILES string of the molecule is O=C(Nc1ccc(Cl)cc1)C1CCN(S(=O)(=O)c2cc(-c3noc(C4CCC4)n3)cs2)CC1. The quantitative estimate of drug-likeness (QED) is 0.516. The van der Waals surface area contributed by atoms with E-state index in [2.05, 4.69) is 15.5 Å². The summed E-state index contributed by atoms with van der Waals surface area (Å²) in [4.78, 5) is 17.0. The molecule has 8 nitrogen and oxygen atoms in total. The summed E-state index contributed by atoms with van der Waals surface area (Å²) in [6, 6.07) is 8.52. The van der Waals surface area contributed by atoms with Gasteiger partial charge in [-0.25, -0.2) is 8.42 Å². The number of nitrogens with zero attached hydrogens (tertiary/aromatic N) is 3. The Morgan fingerprint density at radius 1 is 1.15 bits per heavy atom. The number of amides is 1. The Labute approximate surface area is 201 Å². The van der Waals surface area contributed by atoms with Crippen molar-refractivity contribution in [3.8, 4) is 11.4 Å². The lowest BCUT2D eigenvalue weighted by Crippen LogP contribution is -2.41. The lowest BCUT2D eigenvalue weighted by atomic mass is 9.85. The molecule has 2 fully saturated rings. The Morgan fingerprint density at radius 3 is 2.55 bits per heavy atom. The van der Waals surface area contributed by atoms with E-state index in [0.717, 1.165) is 24.2 Å².